The van der Waals surface area contributed by atoms with Crippen molar-refractivity contribution in [2.45, 2.75) is 0 Å². The number of carbonyl (C=O) groups is 2. The van der Waals surface area contributed by atoms with Crippen molar-refractivity contribution in [3.63, 3.8) is 0 Å². The van der Waals surface area contributed by atoms with Gasteiger partial charge < -0.3 is 8.83 Å². The van der Waals surface area contributed by atoms with Crippen molar-refractivity contribution in [1.82, 2.24) is 0 Å². The topological polar surface area (TPSA) is 60.4 Å². The van der Waals surface area contributed by atoms with Gasteiger partial charge in [-0.05, 0) is 47.5 Å². The molecule has 6 heteroatoms. The first-order chi connectivity index (χ1) is 7.58. The molecule has 0 bridgehead atoms. The van der Waals surface area contributed by atoms with Crippen LogP contribution in [0.25, 0.3) is 11.5 Å². The van der Waals surface area contributed by atoms with E-state index in [-0.39, 0.29) is 11.5 Å². The van der Waals surface area contributed by atoms with Crippen LogP contribution in [0.4, 0.5) is 0 Å². The van der Waals surface area contributed by atoms with E-state index < -0.39 is 10.5 Å². The van der Waals surface area contributed by atoms with E-state index in [1.807, 2.05) is 0 Å². The summed E-state index contributed by atoms with van der Waals surface area (Å²) in [5.41, 5.74) is 0. The third kappa shape index (κ3) is 2.03. The number of hydrogen-bond acceptors (Lipinski definition) is 4. The lowest BCUT2D eigenvalue weighted by atomic mass is 10.3. The minimum Gasteiger partial charge on any atom is -0.448 e. The maximum atomic E-state index is 10.8. The first kappa shape index (κ1) is 11.0. The summed E-state index contributed by atoms with van der Waals surface area (Å²) in [5.74, 6) is 0.611. The maximum absolute atomic E-state index is 10.8. The molecule has 0 aliphatic heterocycles. The molecule has 0 aromatic carbocycles. The van der Waals surface area contributed by atoms with Crippen molar-refractivity contribution >= 4 is 33.7 Å². The van der Waals surface area contributed by atoms with E-state index in [0.29, 0.717) is 11.5 Å². The van der Waals surface area contributed by atoms with E-state index in [9.17, 15) is 9.59 Å². The molecule has 0 radical (unpaired) electrons. The van der Waals surface area contributed by atoms with E-state index in [2.05, 4.69) is 0 Å². The zero-order chi connectivity index (χ0) is 11.7. The van der Waals surface area contributed by atoms with E-state index in [1.54, 1.807) is 0 Å². The Labute approximate surface area is 99.7 Å². The molecule has 82 valence electrons. The smallest absolute Gasteiger partial charge is 0.287 e. The van der Waals surface area contributed by atoms with Gasteiger partial charge in [-0.2, -0.15) is 0 Å². The minimum atomic E-state index is -0.702. The molecule has 0 saturated heterocycles. The summed E-state index contributed by atoms with van der Waals surface area (Å²) < 4.78 is 10.2. The van der Waals surface area contributed by atoms with E-state index >= 15 is 0 Å². The summed E-state index contributed by atoms with van der Waals surface area (Å²) in [6.07, 6.45) is 0. The summed E-state index contributed by atoms with van der Waals surface area (Å²) in [4.78, 5) is 21.5. The second-order valence-corrected chi connectivity index (χ2v) is 3.56. The van der Waals surface area contributed by atoms with Crippen molar-refractivity contribution in [3.8, 4) is 11.5 Å². The molecular weight excluding hydrogens is 255 g/mol. The van der Waals surface area contributed by atoms with Crippen LogP contribution >= 0.6 is 23.2 Å². The SMILES string of the molecule is O=C(Cl)c1ccc(-c2ccc(C(=O)Cl)o2)o1. The second kappa shape index (κ2) is 4.15. The van der Waals surface area contributed by atoms with Gasteiger partial charge in [0.2, 0.25) is 0 Å². The zero-order valence-electron chi connectivity index (χ0n) is 7.70. The number of halogens is 2. The Balaban J connectivity index is 2.35. The molecule has 2 heterocycles. The van der Waals surface area contributed by atoms with Crippen molar-refractivity contribution in [2.75, 3.05) is 0 Å². The molecule has 2 aromatic heterocycles. The second-order valence-electron chi connectivity index (χ2n) is 2.88. The van der Waals surface area contributed by atoms with Gasteiger partial charge in [-0.3, -0.25) is 9.59 Å². The van der Waals surface area contributed by atoms with Crippen LogP contribution in [-0.2, 0) is 0 Å². The van der Waals surface area contributed by atoms with Crippen molar-refractivity contribution in [1.29, 1.82) is 0 Å². The Morgan fingerprint density at radius 3 is 1.44 bits per heavy atom. The molecule has 2 aromatic rings. The van der Waals surface area contributed by atoms with E-state index in [1.165, 1.54) is 24.3 Å². The molecule has 0 aliphatic carbocycles. The monoisotopic (exact) mass is 258 g/mol. The van der Waals surface area contributed by atoms with Crippen LogP contribution in [0.15, 0.2) is 33.1 Å². The molecule has 0 atom stereocenters. The molecule has 0 fully saturated rings. The normalized spacial score (nSPS) is 10.4. The highest BCUT2D eigenvalue weighted by Crippen LogP contribution is 2.25. The van der Waals surface area contributed by atoms with Gasteiger partial charge in [-0.25, -0.2) is 0 Å². The predicted octanol–water partition coefficient (Wildman–Crippen LogP) is 3.30. The number of hydrogen-bond donors (Lipinski definition) is 0. The fourth-order valence-electron chi connectivity index (χ4n) is 1.15. The van der Waals surface area contributed by atoms with Crippen LogP contribution in [-0.4, -0.2) is 10.5 Å². The third-order valence-corrected chi connectivity index (χ3v) is 2.21. The van der Waals surface area contributed by atoms with Gasteiger partial charge >= 0.3 is 0 Å². The highest BCUT2D eigenvalue weighted by Gasteiger charge is 2.14. The largest absolute Gasteiger partial charge is 0.448 e. The molecule has 4 nitrogen and oxygen atoms in total. The lowest BCUT2D eigenvalue weighted by Crippen LogP contribution is -1.82. The van der Waals surface area contributed by atoms with Gasteiger partial charge in [0.25, 0.3) is 10.5 Å². The highest BCUT2D eigenvalue weighted by molar-refractivity contribution is 6.67. The van der Waals surface area contributed by atoms with Crippen molar-refractivity contribution < 1.29 is 18.4 Å². The number of furan rings is 2. The Morgan fingerprint density at radius 1 is 0.812 bits per heavy atom. The molecule has 2 rings (SSSR count). The first-order valence-corrected chi connectivity index (χ1v) is 4.93. The summed E-state index contributed by atoms with van der Waals surface area (Å²) in [6, 6.07) is 5.85. The molecule has 0 unspecified atom stereocenters. The Morgan fingerprint density at radius 2 is 1.19 bits per heavy atom. The summed E-state index contributed by atoms with van der Waals surface area (Å²) in [6.45, 7) is 0. The molecule has 0 saturated carbocycles. The van der Waals surface area contributed by atoms with Crippen molar-refractivity contribution in [2.24, 2.45) is 0 Å². The van der Waals surface area contributed by atoms with Crippen molar-refractivity contribution in [3.05, 3.63) is 35.8 Å². The summed E-state index contributed by atoms with van der Waals surface area (Å²) >= 11 is 10.4. The molecule has 0 spiro atoms. The highest BCUT2D eigenvalue weighted by atomic mass is 35.5. The molecule has 0 amide bonds. The van der Waals surface area contributed by atoms with Gasteiger partial charge in [0, 0.05) is 0 Å². The molecule has 16 heavy (non-hydrogen) atoms. The van der Waals surface area contributed by atoms with Gasteiger partial charge in [-0.15, -0.1) is 0 Å². The maximum Gasteiger partial charge on any atom is 0.287 e. The third-order valence-electron chi connectivity index (χ3n) is 1.84. The van der Waals surface area contributed by atoms with E-state index in [4.69, 9.17) is 32.0 Å². The molecule has 0 aliphatic rings. The number of rotatable bonds is 3. The van der Waals surface area contributed by atoms with Crippen LogP contribution in [0.5, 0.6) is 0 Å². The Kier molecular flexibility index (Phi) is 2.85. The Hall–Kier alpha value is -1.52. The van der Waals surface area contributed by atoms with Crippen LogP contribution in [0.2, 0.25) is 0 Å². The predicted molar refractivity (Wildman–Crippen MR) is 56.8 cm³/mol. The standard InChI is InChI=1S/C10H4Cl2O4/c11-9(13)7-3-1-5(15-7)6-2-4-8(16-6)10(12)14/h1-4H. The van der Waals surface area contributed by atoms with Gasteiger partial charge in [0.15, 0.2) is 23.0 Å². The quantitative estimate of drug-likeness (QED) is 0.793. The molecular formula is C10H4Cl2O4. The minimum absolute atomic E-state index is 0.00631. The van der Waals surface area contributed by atoms with Gasteiger partial charge in [-0.1, -0.05) is 0 Å². The van der Waals surface area contributed by atoms with Gasteiger partial charge in [0.1, 0.15) is 0 Å². The average Bonchev–Trinajstić information content (AvgIpc) is 2.86. The number of carbonyl (C=O) groups excluding carboxylic acids is 2. The van der Waals surface area contributed by atoms with Gasteiger partial charge in [0.05, 0.1) is 0 Å². The zero-order valence-corrected chi connectivity index (χ0v) is 9.21. The first-order valence-electron chi connectivity index (χ1n) is 4.17. The molecule has 0 N–H and O–H groups in total. The van der Waals surface area contributed by atoms with Crippen LogP contribution in [0, 0.1) is 0 Å². The van der Waals surface area contributed by atoms with E-state index in [0.717, 1.165) is 0 Å². The van der Waals surface area contributed by atoms with Crippen LogP contribution in [0.3, 0.4) is 0 Å². The Bertz CT molecular complexity index is 502. The van der Waals surface area contributed by atoms with Crippen LogP contribution < -0.4 is 0 Å². The summed E-state index contributed by atoms with van der Waals surface area (Å²) in [7, 11) is 0. The lowest BCUT2D eigenvalue weighted by molar-refractivity contribution is 0.104. The average molecular weight is 259 g/mol. The summed E-state index contributed by atoms with van der Waals surface area (Å²) in [5, 5.41) is -1.40. The lowest BCUT2D eigenvalue weighted by Gasteiger charge is -1.89. The fourth-order valence-corrected chi connectivity index (χ4v) is 1.36. The van der Waals surface area contributed by atoms with Crippen LogP contribution in [0.1, 0.15) is 21.1 Å². The fraction of sp³-hybridized carbons (Fsp3) is 0.